The number of amides is 1. The molecule has 0 fully saturated rings. The molecule has 0 aliphatic rings. The maximum atomic E-state index is 12.0. The monoisotopic (exact) mass is 269 g/mol. The van der Waals surface area contributed by atoms with Crippen molar-refractivity contribution in [3.05, 3.63) is 41.6 Å². The molecule has 3 N–H and O–H groups in total. The normalized spacial score (nSPS) is 9.60. The van der Waals surface area contributed by atoms with Gasteiger partial charge in [-0.3, -0.25) is 4.79 Å². The van der Waals surface area contributed by atoms with Crippen LogP contribution in [0.25, 0.3) is 0 Å². The SMILES string of the molecule is COc1cccc(C#N)c1NC(=O)c1ccc(N)nn1. The van der Waals surface area contributed by atoms with E-state index < -0.39 is 5.91 Å². The summed E-state index contributed by atoms with van der Waals surface area (Å²) in [7, 11) is 1.45. The van der Waals surface area contributed by atoms with Gasteiger partial charge in [-0.25, -0.2) is 0 Å². The maximum Gasteiger partial charge on any atom is 0.276 e. The number of nitrogens with two attached hydrogens (primary N) is 1. The van der Waals surface area contributed by atoms with Crippen molar-refractivity contribution in [3.8, 4) is 11.8 Å². The molecule has 0 atom stereocenters. The van der Waals surface area contributed by atoms with Crippen LogP contribution in [-0.4, -0.2) is 23.2 Å². The van der Waals surface area contributed by atoms with Crippen LogP contribution in [0.1, 0.15) is 16.1 Å². The Morgan fingerprint density at radius 1 is 1.35 bits per heavy atom. The Bertz CT molecular complexity index is 676. The molecule has 0 aliphatic carbocycles. The fourth-order valence-corrected chi connectivity index (χ4v) is 1.56. The number of hydrogen-bond acceptors (Lipinski definition) is 6. The molecular formula is C13H11N5O2. The zero-order valence-electron chi connectivity index (χ0n) is 10.6. The van der Waals surface area contributed by atoms with Gasteiger partial charge in [0.05, 0.1) is 12.7 Å². The molecule has 1 aromatic heterocycles. The van der Waals surface area contributed by atoms with Gasteiger partial charge in [0.15, 0.2) is 5.69 Å². The van der Waals surface area contributed by atoms with Gasteiger partial charge in [0, 0.05) is 0 Å². The zero-order chi connectivity index (χ0) is 14.5. The van der Waals surface area contributed by atoms with Crippen LogP contribution in [0.15, 0.2) is 30.3 Å². The van der Waals surface area contributed by atoms with Crippen LogP contribution >= 0.6 is 0 Å². The highest BCUT2D eigenvalue weighted by atomic mass is 16.5. The fourth-order valence-electron chi connectivity index (χ4n) is 1.56. The molecule has 0 radical (unpaired) electrons. The highest BCUT2D eigenvalue weighted by Crippen LogP contribution is 2.28. The lowest BCUT2D eigenvalue weighted by Crippen LogP contribution is -2.16. The number of benzene rings is 1. The standard InChI is InChI=1S/C13H11N5O2/c1-20-10-4-2-3-8(7-14)12(10)16-13(19)9-5-6-11(15)18-17-9/h2-6H,1H3,(H2,15,18)(H,16,19). The number of nitriles is 1. The van der Waals surface area contributed by atoms with Crippen molar-refractivity contribution in [1.82, 2.24) is 10.2 Å². The number of nitrogens with zero attached hydrogens (tertiary/aromatic N) is 3. The molecule has 0 saturated heterocycles. The summed E-state index contributed by atoms with van der Waals surface area (Å²) in [6, 6.07) is 9.78. The summed E-state index contributed by atoms with van der Waals surface area (Å²) in [5.74, 6) is 0.107. The topological polar surface area (TPSA) is 114 Å². The van der Waals surface area contributed by atoms with E-state index in [0.29, 0.717) is 17.0 Å². The maximum absolute atomic E-state index is 12.0. The van der Waals surface area contributed by atoms with Gasteiger partial charge in [0.2, 0.25) is 0 Å². The zero-order valence-corrected chi connectivity index (χ0v) is 10.6. The van der Waals surface area contributed by atoms with Crippen molar-refractivity contribution in [2.45, 2.75) is 0 Å². The molecule has 1 heterocycles. The molecule has 0 saturated carbocycles. The van der Waals surface area contributed by atoms with Crippen molar-refractivity contribution in [1.29, 1.82) is 5.26 Å². The first-order chi connectivity index (χ1) is 9.65. The quantitative estimate of drug-likeness (QED) is 0.865. The largest absolute Gasteiger partial charge is 0.495 e. The van der Waals surface area contributed by atoms with E-state index in [1.54, 1.807) is 18.2 Å². The van der Waals surface area contributed by atoms with Gasteiger partial charge in [-0.15, -0.1) is 10.2 Å². The van der Waals surface area contributed by atoms with Gasteiger partial charge in [-0.2, -0.15) is 5.26 Å². The van der Waals surface area contributed by atoms with E-state index in [9.17, 15) is 4.79 Å². The molecule has 1 aromatic carbocycles. The Kier molecular flexibility index (Phi) is 3.77. The third kappa shape index (κ3) is 2.64. The van der Waals surface area contributed by atoms with Crippen molar-refractivity contribution in [2.75, 3.05) is 18.2 Å². The molecule has 7 heteroatoms. The van der Waals surface area contributed by atoms with Gasteiger partial charge in [0.25, 0.3) is 5.91 Å². The predicted molar refractivity (Wildman–Crippen MR) is 72.1 cm³/mol. The van der Waals surface area contributed by atoms with Crippen molar-refractivity contribution >= 4 is 17.4 Å². The number of nitrogens with one attached hydrogen (secondary N) is 1. The Morgan fingerprint density at radius 3 is 2.75 bits per heavy atom. The second-order valence-corrected chi connectivity index (χ2v) is 3.79. The average molecular weight is 269 g/mol. The minimum Gasteiger partial charge on any atom is -0.495 e. The van der Waals surface area contributed by atoms with Crippen LogP contribution in [0.3, 0.4) is 0 Å². The lowest BCUT2D eigenvalue weighted by atomic mass is 10.1. The molecule has 20 heavy (non-hydrogen) atoms. The van der Waals surface area contributed by atoms with E-state index in [4.69, 9.17) is 15.7 Å². The van der Waals surface area contributed by atoms with Crippen LogP contribution < -0.4 is 15.8 Å². The number of rotatable bonds is 3. The van der Waals surface area contributed by atoms with Crippen molar-refractivity contribution in [3.63, 3.8) is 0 Å². The number of methoxy groups -OCH3 is 1. The molecule has 0 bridgehead atoms. The van der Waals surface area contributed by atoms with Gasteiger partial charge in [-0.1, -0.05) is 6.07 Å². The lowest BCUT2D eigenvalue weighted by Gasteiger charge is -2.11. The minimum absolute atomic E-state index is 0.0917. The average Bonchev–Trinajstić information content (AvgIpc) is 2.48. The first-order valence-electron chi connectivity index (χ1n) is 5.63. The minimum atomic E-state index is -0.501. The summed E-state index contributed by atoms with van der Waals surface area (Å²) >= 11 is 0. The van der Waals surface area contributed by atoms with Gasteiger partial charge in [-0.05, 0) is 24.3 Å². The molecule has 1 amide bonds. The molecule has 100 valence electrons. The third-order valence-electron chi connectivity index (χ3n) is 2.52. The Hall–Kier alpha value is -3.14. The number of hydrogen-bond donors (Lipinski definition) is 2. The van der Waals surface area contributed by atoms with Crippen LogP contribution in [0.4, 0.5) is 11.5 Å². The molecular weight excluding hydrogens is 258 g/mol. The smallest absolute Gasteiger partial charge is 0.276 e. The number of aromatic nitrogens is 2. The number of anilines is 2. The van der Waals surface area contributed by atoms with E-state index >= 15 is 0 Å². The second-order valence-electron chi connectivity index (χ2n) is 3.79. The summed E-state index contributed by atoms with van der Waals surface area (Å²) in [4.78, 5) is 12.0. The second kappa shape index (κ2) is 5.67. The number of ether oxygens (including phenoxy) is 1. The Labute approximate surface area is 115 Å². The number of carbonyl (C=O) groups is 1. The third-order valence-corrected chi connectivity index (χ3v) is 2.52. The highest BCUT2D eigenvalue weighted by Gasteiger charge is 2.14. The number of nitrogen functional groups attached to an aromatic ring is 1. The summed E-state index contributed by atoms with van der Waals surface area (Å²) in [6.07, 6.45) is 0. The summed E-state index contributed by atoms with van der Waals surface area (Å²) in [5.41, 5.74) is 6.08. The van der Waals surface area contributed by atoms with E-state index in [2.05, 4.69) is 15.5 Å². The number of carbonyl (C=O) groups excluding carboxylic acids is 1. The molecule has 0 spiro atoms. The number of para-hydroxylation sites is 1. The van der Waals surface area contributed by atoms with Crippen LogP contribution in [0.2, 0.25) is 0 Å². The molecule has 0 unspecified atom stereocenters. The van der Waals surface area contributed by atoms with E-state index in [1.807, 2.05) is 6.07 Å². The van der Waals surface area contributed by atoms with Crippen LogP contribution in [-0.2, 0) is 0 Å². The molecule has 7 nitrogen and oxygen atoms in total. The van der Waals surface area contributed by atoms with Crippen molar-refractivity contribution < 1.29 is 9.53 Å². The van der Waals surface area contributed by atoms with E-state index in [0.717, 1.165) is 0 Å². The Balaban J connectivity index is 2.32. The molecule has 2 rings (SSSR count). The highest BCUT2D eigenvalue weighted by molar-refractivity contribution is 6.04. The van der Waals surface area contributed by atoms with Gasteiger partial charge in [0.1, 0.15) is 23.3 Å². The van der Waals surface area contributed by atoms with E-state index in [-0.39, 0.29) is 11.5 Å². The van der Waals surface area contributed by atoms with E-state index in [1.165, 1.54) is 19.2 Å². The summed E-state index contributed by atoms with van der Waals surface area (Å²) in [6.45, 7) is 0. The van der Waals surface area contributed by atoms with Crippen LogP contribution in [0.5, 0.6) is 5.75 Å². The van der Waals surface area contributed by atoms with Crippen LogP contribution in [0, 0.1) is 11.3 Å². The van der Waals surface area contributed by atoms with Gasteiger partial charge >= 0.3 is 0 Å². The van der Waals surface area contributed by atoms with Gasteiger partial charge < -0.3 is 15.8 Å². The fraction of sp³-hybridized carbons (Fsp3) is 0.0769. The lowest BCUT2D eigenvalue weighted by molar-refractivity contribution is 0.102. The first kappa shape index (κ1) is 13.3. The molecule has 0 aliphatic heterocycles. The molecule has 2 aromatic rings. The first-order valence-corrected chi connectivity index (χ1v) is 5.63. The predicted octanol–water partition coefficient (Wildman–Crippen LogP) is 1.19. The summed E-state index contributed by atoms with van der Waals surface area (Å²) < 4.78 is 5.12. The Morgan fingerprint density at radius 2 is 2.15 bits per heavy atom. The summed E-state index contributed by atoms with van der Waals surface area (Å²) in [5, 5.41) is 18.9. The van der Waals surface area contributed by atoms with Crippen molar-refractivity contribution in [2.24, 2.45) is 0 Å².